The van der Waals surface area contributed by atoms with E-state index in [1.54, 1.807) is 6.07 Å². The van der Waals surface area contributed by atoms with Gasteiger partial charge >= 0.3 is 0 Å². The van der Waals surface area contributed by atoms with Crippen molar-refractivity contribution >= 4 is 21.4 Å². The highest BCUT2D eigenvalue weighted by atomic mass is 32.2. The predicted octanol–water partition coefficient (Wildman–Crippen LogP) is 1.55. The summed E-state index contributed by atoms with van der Waals surface area (Å²) >= 11 is 1.47. The van der Waals surface area contributed by atoms with Crippen molar-refractivity contribution < 1.29 is 8.42 Å². The first-order valence-electron chi connectivity index (χ1n) is 5.38. The standard InChI is InChI=1S/C10H18N2O2S2/c1-3-6-12-16(13,14)10-5-7-15-9(10)8-11-4-2/h5,7,11-12H,3-4,6,8H2,1-2H3. The molecule has 0 aliphatic heterocycles. The number of hydrogen-bond acceptors (Lipinski definition) is 4. The zero-order valence-corrected chi connectivity index (χ0v) is 11.2. The summed E-state index contributed by atoms with van der Waals surface area (Å²) < 4.78 is 26.4. The van der Waals surface area contributed by atoms with Crippen molar-refractivity contribution in [3.05, 3.63) is 16.3 Å². The molecule has 0 aliphatic rings. The summed E-state index contributed by atoms with van der Waals surface area (Å²) in [5.74, 6) is 0. The van der Waals surface area contributed by atoms with Crippen LogP contribution in [0.1, 0.15) is 25.1 Å². The van der Waals surface area contributed by atoms with Crippen LogP contribution in [0, 0.1) is 0 Å². The molecule has 0 bridgehead atoms. The highest BCUT2D eigenvalue weighted by Crippen LogP contribution is 2.21. The average molecular weight is 262 g/mol. The third-order valence-corrected chi connectivity index (χ3v) is 4.67. The maximum absolute atomic E-state index is 11.9. The topological polar surface area (TPSA) is 58.2 Å². The lowest BCUT2D eigenvalue weighted by Gasteiger charge is -2.06. The molecule has 2 N–H and O–H groups in total. The van der Waals surface area contributed by atoms with Crippen LogP contribution in [0.15, 0.2) is 16.3 Å². The minimum absolute atomic E-state index is 0.409. The summed E-state index contributed by atoms with van der Waals surface area (Å²) in [6, 6.07) is 1.66. The van der Waals surface area contributed by atoms with Gasteiger partial charge < -0.3 is 5.32 Å². The SMILES string of the molecule is CCCNS(=O)(=O)c1ccsc1CNCC. The number of rotatable bonds is 7. The van der Waals surface area contributed by atoms with E-state index in [9.17, 15) is 8.42 Å². The molecular weight excluding hydrogens is 244 g/mol. The molecule has 0 atom stereocenters. The van der Waals surface area contributed by atoms with Gasteiger partial charge in [-0.25, -0.2) is 13.1 Å². The van der Waals surface area contributed by atoms with Gasteiger partial charge in [-0.2, -0.15) is 0 Å². The first-order valence-corrected chi connectivity index (χ1v) is 7.74. The zero-order valence-electron chi connectivity index (χ0n) is 9.62. The molecule has 0 fully saturated rings. The van der Waals surface area contributed by atoms with Crippen LogP contribution in [-0.2, 0) is 16.6 Å². The Labute approximate surface area is 101 Å². The maximum Gasteiger partial charge on any atom is 0.241 e. The number of hydrogen-bond donors (Lipinski definition) is 2. The lowest BCUT2D eigenvalue weighted by molar-refractivity contribution is 0.579. The molecule has 4 nitrogen and oxygen atoms in total. The monoisotopic (exact) mass is 262 g/mol. The molecule has 1 heterocycles. The van der Waals surface area contributed by atoms with Gasteiger partial charge in [0, 0.05) is 18.0 Å². The van der Waals surface area contributed by atoms with E-state index < -0.39 is 10.0 Å². The first-order chi connectivity index (χ1) is 7.61. The fourth-order valence-electron chi connectivity index (χ4n) is 1.25. The quantitative estimate of drug-likeness (QED) is 0.784. The third kappa shape index (κ3) is 3.55. The second-order valence-corrected chi connectivity index (χ2v) is 6.12. The Balaban J connectivity index is 2.82. The summed E-state index contributed by atoms with van der Waals surface area (Å²) in [6.07, 6.45) is 0.798. The van der Waals surface area contributed by atoms with Gasteiger partial charge in [-0.1, -0.05) is 13.8 Å². The second kappa shape index (κ2) is 6.34. The van der Waals surface area contributed by atoms with E-state index in [-0.39, 0.29) is 0 Å². The minimum Gasteiger partial charge on any atom is -0.312 e. The molecule has 0 aliphatic carbocycles. The van der Waals surface area contributed by atoms with E-state index in [0.717, 1.165) is 17.8 Å². The Morgan fingerprint density at radius 2 is 2.12 bits per heavy atom. The molecule has 92 valence electrons. The molecule has 0 aromatic carbocycles. The number of thiophene rings is 1. The van der Waals surface area contributed by atoms with Crippen molar-refractivity contribution in [3.8, 4) is 0 Å². The van der Waals surface area contributed by atoms with Crippen molar-refractivity contribution in [2.45, 2.75) is 31.7 Å². The molecule has 0 radical (unpaired) electrons. The van der Waals surface area contributed by atoms with Gasteiger partial charge in [0.05, 0.1) is 4.90 Å². The lowest BCUT2D eigenvalue weighted by atomic mass is 10.4. The van der Waals surface area contributed by atoms with E-state index in [1.807, 2.05) is 19.2 Å². The van der Waals surface area contributed by atoms with E-state index in [2.05, 4.69) is 10.0 Å². The Hall–Kier alpha value is -0.430. The van der Waals surface area contributed by atoms with Crippen LogP contribution in [0.3, 0.4) is 0 Å². The average Bonchev–Trinajstić information content (AvgIpc) is 2.72. The Morgan fingerprint density at radius 3 is 2.75 bits per heavy atom. The van der Waals surface area contributed by atoms with Gasteiger partial charge in [0.2, 0.25) is 10.0 Å². The molecule has 0 saturated heterocycles. The molecule has 16 heavy (non-hydrogen) atoms. The predicted molar refractivity (Wildman–Crippen MR) is 67.2 cm³/mol. The van der Waals surface area contributed by atoms with E-state index in [0.29, 0.717) is 18.0 Å². The van der Waals surface area contributed by atoms with Crippen molar-refractivity contribution in [2.24, 2.45) is 0 Å². The summed E-state index contributed by atoms with van der Waals surface area (Å²) in [7, 11) is -3.32. The second-order valence-electron chi connectivity index (χ2n) is 3.39. The van der Waals surface area contributed by atoms with Gasteiger partial charge in [0.1, 0.15) is 0 Å². The lowest BCUT2D eigenvalue weighted by Crippen LogP contribution is -2.25. The van der Waals surface area contributed by atoms with Gasteiger partial charge in [-0.15, -0.1) is 11.3 Å². The molecule has 0 spiro atoms. The van der Waals surface area contributed by atoms with Crippen LogP contribution >= 0.6 is 11.3 Å². The first kappa shape index (κ1) is 13.6. The number of sulfonamides is 1. The van der Waals surface area contributed by atoms with E-state index >= 15 is 0 Å². The van der Waals surface area contributed by atoms with Crippen molar-refractivity contribution in [2.75, 3.05) is 13.1 Å². The molecule has 0 amide bonds. The fourth-order valence-corrected chi connectivity index (χ4v) is 3.79. The fraction of sp³-hybridized carbons (Fsp3) is 0.600. The molecule has 6 heteroatoms. The smallest absolute Gasteiger partial charge is 0.241 e. The zero-order chi connectivity index (χ0) is 12.0. The van der Waals surface area contributed by atoms with Crippen LogP contribution in [-0.4, -0.2) is 21.5 Å². The molecule has 0 saturated carbocycles. The minimum atomic E-state index is -3.32. The van der Waals surface area contributed by atoms with Gasteiger partial charge in [0.25, 0.3) is 0 Å². The van der Waals surface area contributed by atoms with Gasteiger partial charge in [0.15, 0.2) is 0 Å². The van der Waals surface area contributed by atoms with Crippen LogP contribution in [0.5, 0.6) is 0 Å². The normalized spacial score (nSPS) is 11.9. The number of nitrogens with one attached hydrogen (secondary N) is 2. The summed E-state index contributed by atoms with van der Waals surface area (Å²) in [5, 5.41) is 4.95. The van der Waals surface area contributed by atoms with Crippen LogP contribution in [0.25, 0.3) is 0 Å². The van der Waals surface area contributed by atoms with Gasteiger partial charge in [-0.05, 0) is 24.4 Å². The third-order valence-electron chi connectivity index (χ3n) is 2.07. The highest BCUT2D eigenvalue weighted by molar-refractivity contribution is 7.89. The molecule has 1 rings (SSSR count). The Kier molecular flexibility index (Phi) is 5.40. The molecule has 1 aromatic rings. The summed E-state index contributed by atoms with van der Waals surface area (Å²) in [6.45, 7) is 5.86. The van der Waals surface area contributed by atoms with Crippen LogP contribution in [0.2, 0.25) is 0 Å². The maximum atomic E-state index is 11.9. The van der Waals surface area contributed by atoms with E-state index in [4.69, 9.17) is 0 Å². The highest BCUT2D eigenvalue weighted by Gasteiger charge is 2.18. The Bertz CT molecular complexity index is 412. The van der Waals surface area contributed by atoms with Crippen molar-refractivity contribution in [3.63, 3.8) is 0 Å². The Morgan fingerprint density at radius 1 is 1.38 bits per heavy atom. The largest absolute Gasteiger partial charge is 0.312 e. The van der Waals surface area contributed by atoms with Crippen molar-refractivity contribution in [1.82, 2.24) is 10.0 Å². The van der Waals surface area contributed by atoms with Crippen LogP contribution < -0.4 is 10.0 Å². The summed E-state index contributed by atoms with van der Waals surface area (Å²) in [5.41, 5.74) is 0. The molecular formula is C10H18N2O2S2. The molecule has 0 unspecified atom stereocenters. The van der Waals surface area contributed by atoms with Crippen molar-refractivity contribution in [1.29, 1.82) is 0 Å². The van der Waals surface area contributed by atoms with Gasteiger partial charge in [-0.3, -0.25) is 0 Å². The molecule has 1 aromatic heterocycles. The van der Waals surface area contributed by atoms with Crippen LogP contribution in [0.4, 0.5) is 0 Å². The summed E-state index contributed by atoms with van der Waals surface area (Å²) in [4.78, 5) is 1.28. The van der Waals surface area contributed by atoms with E-state index in [1.165, 1.54) is 11.3 Å².